The van der Waals surface area contributed by atoms with Crippen LogP contribution in [-0.2, 0) is 11.3 Å². The zero-order valence-corrected chi connectivity index (χ0v) is 11.4. The van der Waals surface area contributed by atoms with Crippen LogP contribution in [0.4, 0.5) is 4.79 Å². The Kier molecular flexibility index (Phi) is 4.79. The van der Waals surface area contributed by atoms with E-state index in [1.54, 1.807) is 0 Å². The number of rotatable bonds is 4. The summed E-state index contributed by atoms with van der Waals surface area (Å²) < 4.78 is 10.5. The minimum absolute atomic E-state index is 0.110. The van der Waals surface area contributed by atoms with Crippen LogP contribution in [0.3, 0.4) is 0 Å². The van der Waals surface area contributed by atoms with Crippen LogP contribution in [-0.4, -0.2) is 30.3 Å². The van der Waals surface area contributed by atoms with Crippen LogP contribution in [0.1, 0.15) is 31.2 Å². The van der Waals surface area contributed by atoms with Crippen LogP contribution >= 0.6 is 0 Å². The summed E-state index contributed by atoms with van der Waals surface area (Å²) in [5, 5.41) is 5.73. The third-order valence-corrected chi connectivity index (χ3v) is 3.52. The molecule has 1 saturated heterocycles. The van der Waals surface area contributed by atoms with Gasteiger partial charge in [0.25, 0.3) is 0 Å². The number of nitrogens with one attached hydrogen (secondary N) is 2. The van der Waals surface area contributed by atoms with Gasteiger partial charge in [-0.15, -0.1) is 0 Å². The number of urea groups is 1. The summed E-state index contributed by atoms with van der Waals surface area (Å²) >= 11 is 0. The van der Waals surface area contributed by atoms with Crippen LogP contribution in [0.15, 0.2) is 10.8 Å². The second-order valence-electron chi connectivity index (χ2n) is 4.95. The molecule has 1 aromatic rings. The summed E-state index contributed by atoms with van der Waals surface area (Å²) in [7, 11) is 0. The van der Waals surface area contributed by atoms with Crippen LogP contribution in [0.25, 0.3) is 0 Å². The minimum atomic E-state index is -0.180. The summed E-state index contributed by atoms with van der Waals surface area (Å²) in [6, 6.07) is -0.0702. The number of carbonyl (C=O) groups is 1. The predicted octanol–water partition coefficient (Wildman–Crippen LogP) is 1.60. The Hall–Kier alpha value is -1.56. The van der Waals surface area contributed by atoms with E-state index in [1.807, 2.05) is 13.8 Å². The van der Waals surface area contributed by atoms with Gasteiger partial charge in [0.05, 0.1) is 13.2 Å². The van der Waals surface area contributed by atoms with Crippen molar-refractivity contribution in [3.63, 3.8) is 0 Å². The van der Waals surface area contributed by atoms with Crippen LogP contribution < -0.4 is 10.6 Å². The lowest BCUT2D eigenvalue weighted by molar-refractivity contribution is 0.0435. The molecule has 2 N–H and O–H groups in total. The van der Waals surface area contributed by atoms with Crippen molar-refractivity contribution in [2.24, 2.45) is 5.92 Å². The Labute approximate surface area is 112 Å². The van der Waals surface area contributed by atoms with Crippen molar-refractivity contribution in [1.29, 1.82) is 0 Å². The third kappa shape index (κ3) is 3.96. The fourth-order valence-corrected chi connectivity index (χ4v) is 2.20. The van der Waals surface area contributed by atoms with Gasteiger partial charge in [0, 0.05) is 18.6 Å². The monoisotopic (exact) mass is 267 g/mol. The molecule has 0 spiro atoms. The lowest BCUT2D eigenvalue weighted by Gasteiger charge is -2.28. The smallest absolute Gasteiger partial charge is 0.315 e. The Morgan fingerprint density at radius 3 is 3.11 bits per heavy atom. The molecule has 1 fully saturated rings. The van der Waals surface area contributed by atoms with E-state index in [9.17, 15) is 4.79 Å². The summed E-state index contributed by atoms with van der Waals surface area (Å²) in [4.78, 5) is 15.8. The van der Waals surface area contributed by atoms with Crippen molar-refractivity contribution in [3.8, 4) is 0 Å². The molecule has 0 radical (unpaired) electrons. The van der Waals surface area contributed by atoms with E-state index in [0.29, 0.717) is 12.5 Å². The highest BCUT2D eigenvalue weighted by molar-refractivity contribution is 5.74. The fourth-order valence-electron chi connectivity index (χ4n) is 2.20. The summed E-state index contributed by atoms with van der Waals surface area (Å²) in [5.74, 6) is 1.13. The van der Waals surface area contributed by atoms with Gasteiger partial charge in [-0.25, -0.2) is 9.78 Å². The zero-order chi connectivity index (χ0) is 13.7. The van der Waals surface area contributed by atoms with E-state index in [-0.39, 0.29) is 12.1 Å². The van der Waals surface area contributed by atoms with Gasteiger partial charge in [0.1, 0.15) is 11.5 Å². The second-order valence-corrected chi connectivity index (χ2v) is 4.95. The fraction of sp³-hybridized carbons (Fsp3) is 0.692. The van der Waals surface area contributed by atoms with Crippen molar-refractivity contribution in [3.05, 3.63) is 17.8 Å². The Morgan fingerprint density at radius 2 is 2.47 bits per heavy atom. The van der Waals surface area contributed by atoms with E-state index < -0.39 is 0 Å². The Balaban J connectivity index is 1.73. The number of aryl methyl sites for hydroxylation is 1. The maximum absolute atomic E-state index is 11.8. The molecular formula is C13H21N3O3. The number of oxazole rings is 1. The van der Waals surface area contributed by atoms with E-state index >= 15 is 0 Å². The van der Waals surface area contributed by atoms with Crippen LogP contribution in [0.5, 0.6) is 0 Å². The molecule has 2 atom stereocenters. The molecule has 0 saturated carbocycles. The van der Waals surface area contributed by atoms with Crippen LogP contribution in [0, 0.1) is 12.8 Å². The van der Waals surface area contributed by atoms with Gasteiger partial charge >= 0.3 is 6.03 Å². The summed E-state index contributed by atoms with van der Waals surface area (Å²) in [6.07, 6.45) is 3.55. The molecule has 0 aromatic carbocycles. The van der Waals surface area contributed by atoms with Gasteiger partial charge < -0.3 is 19.8 Å². The largest absolute Gasteiger partial charge is 0.448 e. The molecule has 0 aliphatic carbocycles. The third-order valence-electron chi connectivity index (χ3n) is 3.52. The van der Waals surface area contributed by atoms with Crippen LogP contribution in [0.2, 0.25) is 0 Å². The van der Waals surface area contributed by atoms with Gasteiger partial charge in [-0.3, -0.25) is 0 Å². The first-order valence-electron chi connectivity index (χ1n) is 6.68. The Bertz CT molecular complexity index is 413. The molecule has 6 heteroatoms. The van der Waals surface area contributed by atoms with Gasteiger partial charge in [0.15, 0.2) is 6.39 Å². The molecule has 19 heavy (non-hydrogen) atoms. The lowest BCUT2D eigenvalue weighted by Crippen LogP contribution is -2.45. The zero-order valence-electron chi connectivity index (χ0n) is 11.4. The topological polar surface area (TPSA) is 76.4 Å². The van der Waals surface area contributed by atoms with E-state index in [0.717, 1.165) is 37.5 Å². The van der Waals surface area contributed by atoms with Gasteiger partial charge in [-0.2, -0.15) is 0 Å². The molecule has 1 aliphatic rings. The van der Waals surface area contributed by atoms with E-state index in [4.69, 9.17) is 9.15 Å². The maximum Gasteiger partial charge on any atom is 0.315 e. The molecule has 106 valence electrons. The van der Waals surface area contributed by atoms with Gasteiger partial charge in [-0.05, 0) is 26.7 Å². The molecule has 1 aliphatic heterocycles. The summed E-state index contributed by atoms with van der Waals surface area (Å²) in [5.41, 5.74) is 0.754. The van der Waals surface area contributed by atoms with E-state index in [1.165, 1.54) is 6.39 Å². The first kappa shape index (κ1) is 13.9. The number of amides is 2. The number of carbonyl (C=O) groups excluding carboxylic acids is 1. The van der Waals surface area contributed by atoms with Crippen molar-refractivity contribution < 1.29 is 13.9 Å². The quantitative estimate of drug-likeness (QED) is 0.868. The number of aromatic nitrogens is 1. The number of ether oxygens (including phenoxy) is 1. The highest BCUT2D eigenvalue weighted by Crippen LogP contribution is 2.17. The molecule has 1 aromatic heterocycles. The molecule has 2 heterocycles. The first-order chi connectivity index (χ1) is 9.16. The Morgan fingerprint density at radius 1 is 1.63 bits per heavy atom. The van der Waals surface area contributed by atoms with Gasteiger partial charge in [-0.1, -0.05) is 0 Å². The van der Waals surface area contributed by atoms with Crippen molar-refractivity contribution in [2.75, 3.05) is 13.2 Å². The number of nitrogens with zero attached hydrogens (tertiary/aromatic N) is 1. The minimum Gasteiger partial charge on any atom is -0.448 e. The highest BCUT2D eigenvalue weighted by Gasteiger charge is 2.21. The van der Waals surface area contributed by atoms with Gasteiger partial charge in [0.2, 0.25) is 0 Å². The molecule has 2 amide bonds. The lowest BCUT2D eigenvalue weighted by atomic mass is 9.95. The number of hydrogen-bond donors (Lipinski definition) is 2. The molecular weight excluding hydrogens is 246 g/mol. The average Bonchev–Trinajstić information content (AvgIpc) is 2.83. The van der Waals surface area contributed by atoms with Crippen molar-refractivity contribution in [2.45, 2.75) is 39.3 Å². The molecule has 2 rings (SSSR count). The molecule has 6 nitrogen and oxygen atoms in total. The summed E-state index contributed by atoms with van der Waals surface area (Å²) in [6.45, 7) is 5.77. The normalized spacial score (nSPS) is 20.8. The number of hydrogen-bond acceptors (Lipinski definition) is 4. The first-order valence-corrected chi connectivity index (χ1v) is 6.68. The van der Waals surface area contributed by atoms with E-state index in [2.05, 4.69) is 15.6 Å². The molecule has 0 bridgehead atoms. The average molecular weight is 267 g/mol. The SMILES string of the molecule is Cc1ocnc1CNC(=O)NC(C)C1CCCOC1. The highest BCUT2D eigenvalue weighted by atomic mass is 16.5. The van der Waals surface area contributed by atoms with Crippen molar-refractivity contribution in [1.82, 2.24) is 15.6 Å². The standard InChI is InChI=1S/C13H21N3O3/c1-9(11-4-3-5-18-7-11)16-13(17)14-6-12-10(2)19-8-15-12/h8-9,11H,3-7H2,1-2H3,(H2,14,16,17). The second kappa shape index (κ2) is 6.56. The van der Waals surface area contributed by atoms with Crippen molar-refractivity contribution >= 4 is 6.03 Å². The maximum atomic E-state index is 11.8. The predicted molar refractivity (Wildman–Crippen MR) is 69.6 cm³/mol. The molecule has 2 unspecified atom stereocenters.